The molecule has 0 radical (unpaired) electrons. The zero-order valence-electron chi connectivity index (χ0n) is 12.2. The minimum Gasteiger partial charge on any atom is -0.451 e. The summed E-state index contributed by atoms with van der Waals surface area (Å²) in [6.07, 6.45) is -4.56. The Bertz CT molecular complexity index is 774. The number of thiophene rings is 1. The lowest BCUT2D eigenvalue weighted by Crippen LogP contribution is -2.21. The molecule has 1 N–H and O–H groups in total. The van der Waals surface area contributed by atoms with E-state index in [1.165, 1.54) is 11.3 Å². The second-order valence-electron chi connectivity index (χ2n) is 4.75. The highest BCUT2D eigenvalue weighted by Gasteiger charge is 2.31. The first kappa shape index (κ1) is 18.3. The Labute approximate surface area is 144 Å². The molecule has 0 bridgehead atoms. The molecule has 1 heterocycles. The van der Waals surface area contributed by atoms with Gasteiger partial charge in [0.25, 0.3) is 5.91 Å². The fraction of sp³-hybridized carbons (Fsp3) is 0.200. The SMILES string of the molecule is Cc1ccsc1C(=O)OCC(=O)Nc1cc(C(F)(F)F)ccc1Cl. The summed E-state index contributed by atoms with van der Waals surface area (Å²) >= 11 is 6.94. The Morgan fingerprint density at radius 2 is 2.00 bits per heavy atom. The van der Waals surface area contributed by atoms with Crippen LogP contribution in [0.3, 0.4) is 0 Å². The van der Waals surface area contributed by atoms with Crippen molar-refractivity contribution >= 4 is 40.5 Å². The second-order valence-corrected chi connectivity index (χ2v) is 6.07. The van der Waals surface area contributed by atoms with E-state index in [0.29, 0.717) is 16.5 Å². The standard InChI is InChI=1S/C15H11ClF3NO3S/c1-8-4-5-24-13(8)14(22)23-7-12(21)20-11-6-9(15(17,18)19)2-3-10(11)16/h2-6H,7H2,1H3,(H,20,21). The predicted octanol–water partition coefficient (Wildman–Crippen LogP) is 4.52. The summed E-state index contributed by atoms with van der Waals surface area (Å²) in [6, 6.07) is 4.27. The third kappa shape index (κ3) is 4.48. The van der Waals surface area contributed by atoms with Crippen LogP contribution >= 0.6 is 22.9 Å². The summed E-state index contributed by atoms with van der Waals surface area (Å²) in [5.74, 6) is -1.47. The van der Waals surface area contributed by atoms with Crippen LogP contribution in [0.1, 0.15) is 20.8 Å². The van der Waals surface area contributed by atoms with Gasteiger partial charge in [0.1, 0.15) is 4.88 Å². The average Bonchev–Trinajstić information content (AvgIpc) is 2.92. The van der Waals surface area contributed by atoms with Crippen molar-refractivity contribution in [2.75, 3.05) is 11.9 Å². The molecular weight excluding hydrogens is 367 g/mol. The maximum atomic E-state index is 12.7. The number of aryl methyl sites for hydroxylation is 1. The van der Waals surface area contributed by atoms with E-state index in [-0.39, 0.29) is 10.7 Å². The van der Waals surface area contributed by atoms with E-state index >= 15 is 0 Å². The lowest BCUT2D eigenvalue weighted by atomic mass is 10.2. The van der Waals surface area contributed by atoms with Crippen molar-refractivity contribution in [3.63, 3.8) is 0 Å². The van der Waals surface area contributed by atoms with Crippen LogP contribution in [0.25, 0.3) is 0 Å². The van der Waals surface area contributed by atoms with E-state index in [0.717, 1.165) is 12.1 Å². The lowest BCUT2D eigenvalue weighted by Gasteiger charge is -2.11. The number of alkyl halides is 3. The largest absolute Gasteiger partial charge is 0.451 e. The van der Waals surface area contributed by atoms with Crippen LogP contribution in [0.2, 0.25) is 5.02 Å². The van der Waals surface area contributed by atoms with Gasteiger partial charge in [0.15, 0.2) is 6.61 Å². The van der Waals surface area contributed by atoms with Gasteiger partial charge in [-0.15, -0.1) is 11.3 Å². The number of nitrogens with one attached hydrogen (secondary N) is 1. The highest BCUT2D eigenvalue weighted by atomic mass is 35.5. The van der Waals surface area contributed by atoms with Crippen LogP contribution in [0.15, 0.2) is 29.6 Å². The molecule has 4 nitrogen and oxygen atoms in total. The van der Waals surface area contributed by atoms with Crippen LogP contribution in [0, 0.1) is 6.92 Å². The van der Waals surface area contributed by atoms with Crippen molar-refractivity contribution in [2.24, 2.45) is 0 Å². The first-order chi connectivity index (χ1) is 11.2. The average molecular weight is 378 g/mol. The van der Waals surface area contributed by atoms with Gasteiger partial charge in [0.05, 0.1) is 16.3 Å². The molecule has 1 amide bonds. The van der Waals surface area contributed by atoms with E-state index in [4.69, 9.17) is 16.3 Å². The minimum absolute atomic E-state index is 0.0585. The first-order valence-corrected chi connectivity index (χ1v) is 7.82. The van der Waals surface area contributed by atoms with Gasteiger partial charge in [-0.3, -0.25) is 4.79 Å². The number of carbonyl (C=O) groups is 2. The van der Waals surface area contributed by atoms with Gasteiger partial charge in [-0.2, -0.15) is 13.2 Å². The van der Waals surface area contributed by atoms with Gasteiger partial charge < -0.3 is 10.1 Å². The van der Waals surface area contributed by atoms with Gasteiger partial charge in [-0.25, -0.2) is 4.79 Å². The van der Waals surface area contributed by atoms with Crippen LogP contribution in [0.5, 0.6) is 0 Å². The summed E-state index contributed by atoms with van der Waals surface area (Å²) in [4.78, 5) is 23.9. The van der Waals surface area contributed by atoms with Crippen molar-refractivity contribution in [1.29, 1.82) is 0 Å². The second kappa shape index (κ2) is 7.23. The number of halogens is 4. The summed E-state index contributed by atoms with van der Waals surface area (Å²) in [5.41, 5.74) is -0.445. The summed E-state index contributed by atoms with van der Waals surface area (Å²) in [6.45, 7) is 1.08. The molecule has 2 rings (SSSR count). The molecule has 128 valence electrons. The summed E-state index contributed by atoms with van der Waals surface area (Å²) in [7, 11) is 0. The van der Waals surface area contributed by atoms with Crippen LogP contribution in [-0.4, -0.2) is 18.5 Å². The van der Waals surface area contributed by atoms with Crippen molar-refractivity contribution in [2.45, 2.75) is 13.1 Å². The fourth-order valence-corrected chi connectivity index (χ4v) is 2.74. The molecule has 9 heteroatoms. The molecule has 1 aromatic carbocycles. The van der Waals surface area contributed by atoms with Crippen molar-refractivity contribution < 1.29 is 27.5 Å². The monoisotopic (exact) mass is 377 g/mol. The van der Waals surface area contributed by atoms with Crippen molar-refractivity contribution in [3.8, 4) is 0 Å². The number of hydrogen-bond acceptors (Lipinski definition) is 4. The van der Waals surface area contributed by atoms with Gasteiger partial charge in [0.2, 0.25) is 0 Å². The van der Waals surface area contributed by atoms with Crippen molar-refractivity contribution in [3.05, 3.63) is 50.7 Å². The molecule has 24 heavy (non-hydrogen) atoms. The smallest absolute Gasteiger partial charge is 0.416 e. The summed E-state index contributed by atoms with van der Waals surface area (Å²) < 4.78 is 42.8. The zero-order chi connectivity index (χ0) is 17.9. The molecule has 0 saturated carbocycles. The summed E-state index contributed by atoms with van der Waals surface area (Å²) in [5, 5.41) is 3.84. The lowest BCUT2D eigenvalue weighted by molar-refractivity contribution is -0.137. The van der Waals surface area contributed by atoms with Crippen LogP contribution < -0.4 is 5.32 Å². The number of hydrogen-bond donors (Lipinski definition) is 1. The van der Waals surface area contributed by atoms with Gasteiger partial charge >= 0.3 is 12.1 Å². The number of carbonyl (C=O) groups excluding carboxylic acids is 2. The quantitative estimate of drug-likeness (QED) is 0.797. The predicted molar refractivity (Wildman–Crippen MR) is 84.4 cm³/mol. The Morgan fingerprint density at radius 3 is 2.58 bits per heavy atom. The Balaban J connectivity index is 2.00. The van der Waals surface area contributed by atoms with Gasteiger partial charge in [-0.05, 0) is 42.1 Å². The Kier molecular flexibility index (Phi) is 5.51. The molecule has 0 aliphatic carbocycles. The Morgan fingerprint density at radius 1 is 1.29 bits per heavy atom. The number of amides is 1. The van der Waals surface area contributed by atoms with Gasteiger partial charge in [-0.1, -0.05) is 11.6 Å². The zero-order valence-corrected chi connectivity index (χ0v) is 13.8. The topological polar surface area (TPSA) is 55.4 Å². The fourth-order valence-electron chi connectivity index (χ4n) is 1.76. The Hall–Kier alpha value is -2.06. The molecular formula is C15H11ClF3NO3S. The molecule has 0 saturated heterocycles. The molecule has 0 aliphatic rings. The highest BCUT2D eigenvalue weighted by Crippen LogP contribution is 2.33. The molecule has 0 atom stereocenters. The minimum atomic E-state index is -4.56. The molecule has 2 aromatic rings. The number of rotatable bonds is 4. The van der Waals surface area contributed by atoms with Crippen LogP contribution in [-0.2, 0) is 15.7 Å². The number of anilines is 1. The molecule has 0 fully saturated rings. The van der Waals surface area contributed by atoms with Crippen LogP contribution in [0.4, 0.5) is 18.9 Å². The molecule has 1 aromatic heterocycles. The number of esters is 1. The maximum Gasteiger partial charge on any atom is 0.416 e. The van der Waals surface area contributed by atoms with Crippen molar-refractivity contribution in [1.82, 2.24) is 0 Å². The highest BCUT2D eigenvalue weighted by molar-refractivity contribution is 7.12. The first-order valence-electron chi connectivity index (χ1n) is 6.56. The molecule has 0 aliphatic heterocycles. The van der Waals surface area contributed by atoms with E-state index in [2.05, 4.69) is 5.32 Å². The molecule has 0 spiro atoms. The third-order valence-corrected chi connectivity index (χ3v) is 4.28. The normalized spacial score (nSPS) is 11.2. The van der Waals surface area contributed by atoms with E-state index in [1.54, 1.807) is 18.4 Å². The maximum absolute atomic E-state index is 12.7. The third-order valence-electron chi connectivity index (χ3n) is 2.95. The van der Waals surface area contributed by atoms with Gasteiger partial charge in [0, 0.05) is 0 Å². The number of benzene rings is 1. The molecule has 0 unspecified atom stereocenters. The van der Waals surface area contributed by atoms with E-state index in [9.17, 15) is 22.8 Å². The number of ether oxygens (including phenoxy) is 1. The van der Waals surface area contributed by atoms with E-state index in [1.807, 2.05) is 0 Å². The van der Waals surface area contributed by atoms with E-state index < -0.39 is 30.2 Å².